The van der Waals surface area contributed by atoms with Gasteiger partial charge in [0.05, 0.1) is 10.8 Å². The summed E-state index contributed by atoms with van der Waals surface area (Å²) in [5, 5.41) is 5.43. The lowest BCUT2D eigenvalue weighted by Crippen LogP contribution is -2.11. The number of fused-ring (bicyclic) bond motifs is 1. The average molecular weight is 247 g/mol. The smallest absolute Gasteiger partial charge is 0.0530 e. The van der Waals surface area contributed by atoms with E-state index in [1.54, 1.807) is 0 Å². The van der Waals surface area contributed by atoms with Crippen LogP contribution in [0.2, 0.25) is 0 Å². The molecule has 2 aromatic carbocycles. The highest BCUT2D eigenvalue weighted by atomic mass is 32.2. The Kier molecular flexibility index (Phi) is 4.29. The molecule has 0 saturated carbocycles. The predicted octanol–water partition coefficient (Wildman–Crippen LogP) is 2.56. The summed E-state index contributed by atoms with van der Waals surface area (Å²) in [6.07, 6.45) is 0.940. The molecule has 0 radical (unpaired) electrons. The van der Waals surface area contributed by atoms with Gasteiger partial charge in [-0.15, -0.1) is 0 Å². The minimum absolute atomic E-state index is 0.721. The van der Waals surface area contributed by atoms with Crippen LogP contribution in [0.25, 0.3) is 10.8 Å². The van der Waals surface area contributed by atoms with Crippen molar-refractivity contribution in [2.75, 3.05) is 19.3 Å². The van der Waals surface area contributed by atoms with Crippen molar-refractivity contribution in [3.8, 4) is 0 Å². The fraction of sp³-hybridized carbons (Fsp3) is 0.286. The van der Waals surface area contributed by atoms with Crippen LogP contribution in [0.4, 0.5) is 0 Å². The number of nitrogens with one attached hydrogen (secondary N) is 1. The van der Waals surface area contributed by atoms with E-state index in [0.29, 0.717) is 0 Å². The maximum atomic E-state index is 12.0. The van der Waals surface area contributed by atoms with E-state index in [1.807, 2.05) is 37.4 Å². The molecule has 2 rings (SSSR count). The summed E-state index contributed by atoms with van der Waals surface area (Å²) in [5.41, 5.74) is 0. The highest BCUT2D eigenvalue weighted by Crippen LogP contribution is 2.18. The normalized spacial score (nSPS) is 12.8. The fourth-order valence-corrected chi connectivity index (χ4v) is 2.93. The third-order valence-corrected chi connectivity index (χ3v) is 4.18. The minimum Gasteiger partial charge on any atom is -0.320 e. The molecule has 0 aliphatic rings. The number of rotatable bonds is 5. The lowest BCUT2D eigenvalue weighted by Gasteiger charge is -2.04. The van der Waals surface area contributed by atoms with Gasteiger partial charge in [0.1, 0.15) is 0 Å². The molecule has 0 aliphatic carbocycles. The third-order valence-electron chi connectivity index (χ3n) is 2.74. The molecule has 0 fully saturated rings. The molecule has 0 amide bonds. The van der Waals surface area contributed by atoms with Crippen LogP contribution in [0.5, 0.6) is 0 Å². The second-order valence-electron chi connectivity index (χ2n) is 4.02. The van der Waals surface area contributed by atoms with E-state index in [2.05, 4.69) is 17.4 Å². The summed E-state index contributed by atoms with van der Waals surface area (Å²) >= 11 is 0. The van der Waals surface area contributed by atoms with Crippen LogP contribution in [0, 0.1) is 0 Å². The van der Waals surface area contributed by atoms with Crippen molar-refractivity contribution in [3.05, 3.63) is 42.5 Å². The van der Waals surface area contributed by atoms with Gasteiger partial charge in [0.15, 0.2) is 0 Å². The molecule has 1 unspecified atom stereocenters. The first kappa shape index (κ1) is 12.3. The summed E-state index contributed by atoms with van der Waals surface area (Å²) in [6.45, 7) is 0.916. The van der Waals surface area contributed by atoms with E-state index >= 15 is 0 Å². The Morgan fingerprint density at radius 3 is 2.65 bits per heavy atom. The zero-order chi connectivity index (χ0) is 12.1. The van der Waals surface area contributed by atoms with Gasteiger partial charge in [-0.3, -0.25) is 4.21 Å². The van der Waals surface area contributed by atoms with Crippen molar-refractivity contribution in [1.82, 2.24) is 5.32 Å². The van der Waals surface area contributed by atoms with Gasteiger partial charge in [-0.1, -0.05) is 30.3 Å². The molecule has 3 heteroatoms. The summed E-state index contributed by atoms with van der Waals surface area (Å²) in [4.78, 5) is 0.930. The molecule has 2 nitrogen and oxygen atoms in total. The quantitative estimate of drug-likeness (QED) is 0.823. The summed E-state index contributed by atoms with van der Waals surface area (Å²) in [7, 11) is 1.03. The van der Waals surface area contributed by atoms with E-state index in [0.717, 1.165) is 29.0 Å². The molecule has 1 N–H and O–H groups in total. The summed E-state index contributed by atoms with van der Waals surface area (Å²) in [6, 6.07) is 14.2. The van der Waals surface area contributed by atoms with Crippen molar-refractivity contribution in [1.29, 1.82) is 0 Å². The van der Waals surface area contributed by atoms with Gasteiger partial charge in [-0.05, 0) is 42.9 Å². The number of benzene rings is 2. The average Bonchev–Trinajstić information content (AvgIpc) is 2.38. The minimum atomic E-state index is -0.881. The zero-order valence-electron chi connectivity index (χ0n) is 9.98. The Morgan fingerprint density at radius 2 is 1.88 bits per heavy atom. The van der Waals surface area contributed by atoms with Crippen LogP contribution in [-0.4, -0.2) is 23.6 Å². The molecular weight excluding hydrogens is 230 g/mol. The number of hydrogen-bond donors (Lipinski definition) is 1. The first-order valence-corrected chi connectivity index (χ1v) is 7.15. The van der Waals surface area contributed by atoms with Crippen molar-refractivity contribution in [2.24, 2.45) is 0 Å². The third kappa shape index (κ3) is 3.14. The van der Waals surface area contributed by atoms with Gasteiger partial charge in [-0.25, -0.2) is 0 Å². The van der Waals surface area contributed by atoms with E-state index in [1.165, 1.54) is 5.39 Å². The molecule has 17 heavy (non-hydrogen) atoms. The van der Waals surface area contributed by atoms with Gasteiger partial charge in [0.25, 0.3) is 0 Å². The first-order valence-electron chi connectivity index (χ1n) is 5.83. The van der Waals surface area contributed by atoms with Gasteiger partial charge >= 0.3 is 0 Å². The Labute approximate surface area is 104 Å². The molecular formula is C14H17NOS. The Morgan fingerprint density at radius 1 is 1.12 bits per heavy atom. The molecule has 0 bridgehead atoms. The van der Waals surface area contributed by atoms with E-state index in [-0.39, 0.29) is 0 Å². The van der Waals surface area contributed by atoms with Crippen LogP contribution >= 0.6 is 0 Å². The monoisotopic (exact) mass is 247 g/mol. The van der Waals surface area contributed by atoms with Gasteiger partial charge in [0.2, 0.25) is 0 Å². The van der Waals surface area contributed by atoms with Crippen molar-refractivity contribution < 1.29 is 4.21 Å². The molecule has 0 heterocycles. The molecule has 0 aromatic heterocycles. The van der Waals surface area contributed by atoms with Crippen LogP contribution in [0.3, 0.4) is 0 Å². The molecule has 0 spiro atoms. The van der Waals surface area contributed by atoms with E-state index in [4.69, 9.17) is 0 Å². The first-order chi connectivity index (χ1) is 8.31. The van der Waals surface area contributed by atoms with E-state index < -0.39 is 10.8 Å². The van der Waals surface area contributed by atoms with Crippen LogP contribution in [0.15, 0.2) is 47.4 Å². The largest absolute Gasteiger partial charge is 0.320 e. The fourth-order valence-electron chi connectivity index (χ4n) is 1.81. The summed E-state index contributed by atoms with van der Waals surface area (Å²) < 4.78 is 12.0. The molecule has 0 saturated heterocycles. The van der Waals surface area contributed by atoms with Crippen LogP contribution in [0.1, 0.15) is 6.42 Å². The molecule has 0 aliphatic heterocycles. The SMILES string of the molecule is CNCCCS(=O)c1ccc2ccccc2c1. The lowest BCUT2D eigenvalue weighted by atomic mass is 10.1. The Balaban J connectivity index is 2.15. The molecule has 1 atom stereocenters. The predicted molar refractivity (Wildman–Crippen MR) is 73.8 cm³/mol. The molecule has 90 valence electrons. The van der Waals surface area contributed by atoms with Crippen molar-refractivity contribution in [3.63, 3.8) is 0 Å². The Hall–Kier alpha value is -1.19. The second-order valence-corrected chi connectivity index (χ2v) is 5.59. The van der Waals surface area contributed by atoms with Crippen LogP contribution < -0.4 is 5.32 Å². The van der Waals surface area contributed by atoms with Crippen LogP contribution in [-0.2, 0) is 10.8 Å². The standard InChI is InChI=1S/C14H17NOS/c1-15-9-4-10-17(16)14-8-7-12-5-2-3-6-13(12)11-14/h2-3,5-8,11,15H,4,9-10H2,1H3. The topological polar surface area (TPSA) is 29.1 Å². The zero-order valence-corrected chi connectivity index (χ0v) is 10.8. The lowest BCUT2D eigenvalue weighted by molar-refractivity contribution is 0.677. The second kappa shape index (κ2) is 5.94. The van der Waals surface area contributed by atoms with Gasteiger partial charge < -0.3 is 5.32 Å². The summed E-state index contributed by atoms with van der Waals surface area (Å²) in [5.74, 6) is 0.721. The van der Waals surface area contributed by atoms with Crippen molar-refractivity contribution in [2.45, 2.75) is 11.3 Å². The van der Waals surface area contributed by atoms with Gasteiger partial charge in [-0.2, -0.15) is 0 Å². The highest BCUT2D eigenvalue weighted by molar-refractivity contribution is 7.85. The van der Waals surface area contributed by atoms with Gasteiger partial charge in [0, 0.05) is 10.6 Å². The van der Waals surface area contributed by atoms with Crippen molar-refractivity contribution >= 4 is 21.6 Å². The van der Waals surface area contributed by atoms with E-state index in [9.17, 15) is 4.21 Å². The molecule has 2 aromatic rings. The maximum Gasteiger partial charge on any atom is 0.0530 e. The highest BCUT2D eigenvalue weighted by Gasteiger charge is 2.04. The number of hydrogen-bond acceptors (Lipinski definition) is 2. The Bertz CT molecular complexity index is 524. The maximum absolute atomic E-state index is 12.0.